The Kier molecular flexibility index (Phi) is 6.38. The van der Waals surface area contributed by atoms with E-state index in [-0.39, 0.29) is 17.9 Å². The van der Waals surface area contributed by atoms with Gasteiger partial charge in [0.05, 0.1) is 22.7 Å². The fourth-order valence-corrected chi connectivity index (χ4v) is 5.34. The highest BCUT2D eigenvalue weighted by molar-refractivity contribution is 9.10. The predicted octanol–water partition coefficient (Wildman–Crippen LogP) is 8.07. The molecule has 0 aliphatic rings. The van der Waals surface area contributed by atoms with E-state index in [9.17, 15) is 18.0 Å². The maximum Gasteiger partial charge on any atom is 0.398 e. The molecule has 8 heteroatoms. The molecule has 4 nitrogen and oxygen atoms in total. The van der Waals surface area contributed by atoms with Crippen molar-refractivity contribution in [3.8, 4) is 11.3 Å². The fourth-order valence-electron chi connectivity index (χ4n) is 4.67. The van der Waals surface area contributed by atoms with Crippen LogP contribution in [0.15, 0.2) is 83.3 Å². The lowest BCUT2D eigenvalue weighted by Crippen LogP contribution is -2.33. The number of alkyl halides is 3. The molecule has 0 aliphatic carbocycles. The Morgan fingerprint density at radius 2 is 1.61 bits per heavy atom. The molecule has 3 aromatic carbocycles. The zero-order valence-electron chi connectivity index (χ0n) is 19.2. The third-order valence-corrected chi connectivity index (χ3v) is 7.14. The van der Waals surface area contributed by atoms with Gasteiger partial charge < -0.3 is 14.7 Å². The number of aromatic nitrogens is 2. The van der Waals surface area contributed by atoms with Crippen LogP contribution in [0.4, 0.5) is 13.2 Å². The summed E-state index contributed by atoms with van der Waals surface area (Å²) in [6.07, 6.45) is -4.70. The Morgan fingerprint density at radius 3 is 2.25 bits per heavy atom. The molecule has 0 saturated heterocycles. The van der Waals surface area contributed by atoms with E-state index in [4.69, 9.17) is 4.74 Å². The van der Waals surface area contributed by atoms with Crippen molar-refractivity contribution in [2.24, 2.45) is 0 Å². The summed E-state index contributed by atoms with van der Waals surface area (Å²) in [5, 5.41) is 1.64. The largest absolute Gasteiger partial charge is 0.465 e. The smallest absolute Gasteiger partial charge is 0.398 e. The molecule has 2 N–H and O–H groups in total. The number of hydrogen-bond acceptors (Lipinski definition) is 2. The molecule has 0 bridgehead atoms. The van der Waals surface area contributed by atoms with Crippen LogP contribution in [-0.2, 0) is 9.53 Å². The van der Waals surface area contributed by atoms with E-state index in [0.717, 1.165) is 26.6 Å². The van der Waals surface area contributed by atoms with Crippen molar-refractivity contribution in [2.75, 3.05) is 6.61 Å². The number of fused-ring (bicyclic) bond motifs is 2. The lowest BCUT2D eigenvalue weighted by molar-refractivity contribution is -0.171. The third kappa shape index (κ3) is 4.41. The predicted molar refractivity (Wildman–Crippen MR) is 138 cm³/mol. The third-order valence-electron chi connectivity index (χ3n) is 6.31. The van der Waals surface area contributed by atoms with Crippen LogP contribution in [0.25, 0.3) is 33.1 Å². The van der Waals surface area contributed by atoms with E-state index in [1.807, 2.05) is 24.3 Å². The molecule has 0 saturated carbocycles. The van der Waals surface area contributed by atoms with Crippen molar-refractivity contribution in [2.45, 2.75) is 24.9 Å². The van der Waals surface area contributed by atoms with Crippen LogP contribution in [0, 0.1) is 0 Å². The molecule has 0 amide bonds. The summed E-state index contributed by atoms with van der Waals surface area (Å²) in [5.41, 5.74) is 3.24. The monoisotopic (exact) mass is 554 g/mol. The summed E-state index contributed by atoms with van der Waals surface area (Å²) < 4.78 is 49.6. The highest BCUT2D eigenvalue weighted by atomic mass is 79.9. The second-order valence-electron chi connectivity index (χ2n) is 8.54. The molecule has 2 atom stereocenters. The number of nitrogens with one attached hydrogen (secondary N) is 2. The molecule has 0 aliphatic heterocycles. The summed E-state index contributed by atoms with van der Waals surface area (Å²) in [7, 11) is 0. The first-order valence-electron chi connectivity index (χ1n) is 11.5. The minimum Gasteiger partial charge on any atom is -0.465 e. The Bertz CT molecular complexity index is 1500. The van der Waals surface area contributed by atoms with Gasteiger partial charge in [0, 0.05) is 22.1 Å². The van der Waals surface area contributed by atoms with Gasteiger partial charge >= 0.3 is 12.1 Å². The Balaban J connectivity index is 1.59. The number of H-pyrrole nitrogens is 2. The number of hydrogen-bond donors (Lipinski definition) is 2. The highest BCUT2D eigenvalue weighted by Gasteiger charge is 2.50. The number of carbonyl (C=O) groups excluding carboxylic acids is 1. The van der Waals surface area contributed by atoms with Crippen LogP contribution in [0.2, 0.25) is 0 Å². The van der Waals surface area contributed by atoms with Crippen molar-refractivity contribution in [1.29, 1.82) is 0 Å². The summed E-state index contributed by atoms with van der Waals surface area (Å²) in [6.45, 7) is 1.56. The zero-order chi connectivity index (χ0) is 25.4. The van der Waals surface area contributed by atoms with Crippen LogP contribution in [0.5, 0.6) is 0 Å². The molecule has 0 spiro atoms. The normalized spacial score (nSPS) is 13.7. The maximum absolute atomic E-state index is 14.5. The van der Waals surface area contributed by atoms with E-state index < -0.39 is 24.0 Å². The molecule has 0 radical (unpaired) electrons. The van der Waals surface area contributed by atoms with Gasteiger partial charge in [-0.25, -0.2) is 0 Å². The average molecular weight is 555 g/mol. The number of halogens is 4. The van der Waals surface area contributed by atoms with Crippen LogP contribution in [0.1, 0.15) is 30.0 Å². The first kappa shape index (κ1) is 24.2. The Hall–Kier alpha value is -3.52. The van der Waals surface area contributed by atoms with Crippen LogP contribution in [0.3, 0.4) is 0 Å². The van der Waals surface area contributed by atoms with E-state index in [2.05, 4.69) is 25.9 Å². The van der Waals surface area contributed by atoms with Gasteiger partial charge in [-0.2, -0.15) is 13.2 Å². The van der Waals surface area contributed by atoms with Crippen LogP contribution >= 0.6 is 15.9 Å². The van der Waals surface area contributed by atoms with Gasteiger partial charge in [-0.05, 0) is 57.6 Å². The number of para-hydroxylation sites is 2. The Morgan fingerprint density at radius 1 is 0.944 bits per heavy atom. The number of ether oxygens (including phenoxy) is 1. The summed E-state index contributed by atoms with van der Waals surface area (Å²) in [4.78, 5) is 19.2. The van der Waals surface area contributed by atoms with Gasteiger partial charge in [0.1, 0.15) is 5.92 Å². The maximum atomic E-state index is 14.5. The van der Waals surface area contributed by atoms with E-state index in [1.54, 1.807) is 55.5 Å². The van der Waals surface area contributed by atoms with Crippen molar-refractivity contribution < 1.29 is 22.7 Å². The topological polar surface area (TPSA) is 57.9 Å². The standard InChI is InChI=1S/C28H22BrF3N2O2/c1-2-36-27(35)23(24(28(30,31)32)22-15-18-7-3-5-9-20(18)33-22)16-11-13-17(14-12-16)26-25(29)19-8-4-6-10-21(19)34-26/h3-15,23-24,33-34H,2H2,1H3. The van der Waals surface area contributed by atoms with Gasteiger partial charge in [0.25, 0.3) is 0 Å². The molecular weight excluding hydrogens is 533 g/mol. The molecule has 184 valence electrons. The molecule has 2 unspecified atom stereocenters. The first-order chi connectivity index (χ1) is 17.3. The summed E-state index contributed by atoms with van der Waals surface area (Å²) in [6, 6.07) is 22.7. The zero-order valence-corrected chi connectivity index (χ0v) is 20.8. The van der Waals surface area contributed by atoms with Crippen LogP contribution < -0.4 is 0 Å². The molecule has 5 rings (SSSR count). The van der Waals surface area contributed by atoms with Crippen molar-refractivity contribution in [3.63, 3.8) is 0 Å². The quantitative estimate of drug-likeness (QED) is 0.208. The number of esters is 1. The molecule has 36 heavy (non-hydrogen) atoms. The van der Waals surface area contributed by atoms with E-state index in [0.29, 0.717) is 10.9 Å². The van der Waals surface area contributed by atoms with Gasteiger partial charge in [-0.1, -0.05) is 60.7 Å². The lowest BCUT2D eigenvalue weighted by Gasteiger charge is -2.27. The van der Waals surface area contributed by atoms with Crippen molar-refractivity contribution in [3.05, 3.63) is 94.6 Å². The van der Waals surface area contributed by atoms with Gasteiger partial charge in [0.15, 0.2) is 0 Å². The molecule has 0 fully saturated rings. The number of rotatable bonds is 6. The molecule has 5 aromatic rings. The van der Waals surface area contributed by atoms with Gasteiger partial charge in [0.2, 0.25) is 0 Å². The second kappa shape index (κ2) is 9.50. The number of benzene rings is 3. The molecular formula is C28H22BrF3N2O2. The van der Waals surface area contributed by atoms with Crippen molar-refractivity contribution in [1.82, 2.24) is 9.97 Å². The molecule has 2 heterocycles. The van der Waals surface area contributed by atoms with Crippen molar-refractivity contribution >= 4 is 43.7 Å². The molecule has 2 aromatic heterocycles. The minimum absolute atomic E-state index is 0.0211. The minimum atomic E-state index is -4.70. The van der Waals surface area contributed by atoms with E-state index in [1.165, 1.54) is 6.07 Å². The Labute approximate surface area is 213 Å². The number of aromatic amines is 2. The number of carbonyl (C=O) groups is 1. The van der Waals surface area contributed by atoms with E-state index >= 15 is 0 Å². The van der Waals surface area contributed by atoms with Gasteiger partial charge in [-0.3, -0.25) is 4.79 Å². The van der Waals surface area contributed by atoms with Crippen LogP contribution in [-0.4, -0.2) is 28.7 Å². The highest BCUT2D eigenvalue weighted by Crippen LogP contribution is 2.46. The van der Waals surface area contributed by atoms with Gasteiger partial charge in [-0.15, -0.1) is 0 Å². The SMILES string of the molecule is CCOC(=O)C(c1ccc(-c2[nH]c3ccccc3c2Br)cc1)C(c1cc2ccccc2[nH]1)C(F)(F)F. The summed E-state index contributed by atoms with van der Waals surface area (Å²) in [5.74, 6) is -4.59. The summed E-state index contributed by atoms with van der Waals surface area (Å²) >= 11 is 3.62. The first-order valence-corrected chi connectivity index (χ1v) is 12.2. The lowest BCUT2D eigenvalue weighted by atomic mass is 9.82. The fraction of sp³-hybridized carbons (Fsp3) is 0.179. The average Bonchev–Trinajstić information content (AvgIpc) is 3.43. The second-order valence-corrected chi connectivity index (χ2v) is 9.34.